The zero-order valence-corrected chi connectivity index (χ0v) is 19.0. The van der Waals surface area contributed by atoms with Crippen molar-refractivity contribution in [2.75, 3.05) is 71.3 Å². The van der Waals surface area contributed by atoms with Crippen molar-refractivity contribution in [2.24, 2.45) is 4.99 Å². The summed E-state index contributed by atoms with van der Waals surface area (Å²) in [6.45, 7) is 14.0. The number of aliphatic imine (C=N–C) groups is 1. The van der Waals surface area contributed by atoms with Crippen molar-refractivity contribution in [1.29, 1.82) is 0 Å². The van der Waals surface area contributed by atoms with E-state index in [2.05, 4.69) is 40.9 Å². The average molecular weight is 418 g/mol. The van der Waals surface area contributed by atoms with E-state index in [9.17, 15) is 0 Å². The van der Waals surface area contributed by atoms with E-state index < -0.39 is 0 Å². The van der Waals surface area contributed by atoms with Gasteiger partial charge in [-0.05, 0) is 59.8 Å². The summed E-state index contributed by atoms with van der Waals surface area (Å²) in [4.78, 5) is 21.9. The molecule has 0 saturated carbocycles. The Hall–Kier alpha value is -1.38. The molecule has 3 aliphatic heterocycles. The lowest BCUT2D eigenvalue weighted by Gasteiger charge is -2.33. The highest BCUT2D eigenvalue weighted by molar-refractivity contribution is 8.14. The SMILES string of the molecule is Cc1nc(C2CN=C(N3CCN(C)CC3)S2)nc(NCCCN2CCCC2)c1C. The topological polar surface area (TPSA) is 59.9 Å². The Morgan fingerprint density at radius 3 is 2.55 bits per heavy atom. The summed E-state index contributed by atoms with van der Waals surface area (Å²) in [5, 5.41) is 4.98. The summed E-state index contributed by atoms with van der Waals surface area (Å²) in [5.74, 6) is 1.93. The van der Waals surface area contributed by atoms with Gasteiger partial charge >= 0.3 is 0 Å². The third-order valence-electron chi connectivity index (χ3n) is 6.25. The minimum absolute atomic E-state index is 0.231. The minimum Gasteiger partial charge on any atom is -0.370 e. The van der Waals surface area contributed by atoms with Crippen molar-refractivity contribution in [1.82, 2.24) is 24.7 Å². The lowest BCUT2D eigenvalue weighted by atomic mass is 10.2. The molecule has 0 aromatic carbocycles. The molecule has 3 aliphatic rings. The first kappa shape index (κ1) is 20.9. The van der Waals surface area contributed by atoms with Crippen LogP contribution in [0.25, 0.3) is 0 Å². The van der Waals surface area contributed by atoms with Gasteiger partial charge in [-0.3, -0.25) is 4.99 Å². The van der Waals surface area contributed by atoms with Gasteiger partial charge in [-0.1, -0.05) is 11.8 Å². The molecule has 2 fully saturated rings. The normalized spacial score (nSPS) is 23.6. The fourth-order valence-electron chi connectivity index (χ4n) is 4.15. The Labute approximate surface area is 179 Å². The minimum atomic E-state index is 0.231. The van der Waals surface area contributed by atoms with Crippen LogP contribution in [0.1, 0.15) is 41.6 Å². The van der Waals surface area contributed by atoms with Gasteiger partial charge in [0.25, 0.3) is 0 Å². The van der Waals surface area contributed by atoms with E-state index in [4.69, 9.17) is 15.0 Å². The van der Waals surface area contributed by atoms with Gasteiger partial charge in [0, 0.05) is 44.0 Å². The molecule has 4 rings (SSSR count). The Morgan fingerprint density at radius 1 is 1.03 bits per heavy atom. The first-order valence-corrected chi connectivity index (χ1v) is 11.9. The maximum Gasteiger partial charge on any atom is 0.160 e. The number of hydrogen-bond donors (Lipinski definition) is 1. The number of nitrogens with zero attached hydrogens (tertiary/aromatic N) is 6. The monoisotopic (exact) mass is 417 g/mol. The molecular weight excluding hydrogens is 382 g/mol. The van der Waals surface area contributed by atoms with Crippen molar-refractivity contribution < 1.29 is 0 Å². The Bertz CT molecular complexity index is 724. The van der Waals surface area contributed by atoms with Crippen molar-refractivity contribution in [3.63, 3.8) is 0 Å². The fraction of sp³-hybridized carbons (Fsp3) is 0.762. The highest BCUT2D eigenvalue weighted by atomic mass is 32.2. The molecule has 8 heteroatoms. The summed E-state index contributed by atoms with van der Waals surface area (Å²) in [6, 6.07) is 0. The quantitative estimate of drug-likeness (QED) is 0.713. The van der Waals surface area contributed by atoms with E-state index >= 15 is 0 Å². The van der Waals surface area contributed by atoms with Crippen LogP contribution in [0.2, 0.25) is 0 Å². The van der Waals surface area contributed by atoms with Crippen LogP contribution >= 0.6 is 11.8 Å². The molecule has 0 radical (unpaired) electrons. The van der Waals surface area contributed by atoms with Crippen molar-refractivity contribution in [2.45, 2.75) is 38.4 Å². The Balaban J connectivity index is 1.33. The first-order valence-electron chi connectivity index (χ1n) is 11.1. The van der Waals surface area contributed by atoms with Crippen LogP contribution in [-0.4, -0.2) is 95.8 Å². The maximum absolute atomic E-state index is 4.92. The number of nitrogens with one attached hydrogen (secondary N) is 1. The van der Waals surface area contributed by atoms with Gasteiger partial charge in [-0.15, -0.1) is 0 Å². The van der Waals surface area contributed by atoms with Gasteiger partial charge in [0.1, 0.15) is 11.6 Å². The number of likely N-dealkylation sites (tertiary alicyclic amines) is 1. The van der Waals surface area contributed by atoms with E-state index in [0.29, 0.717) is 0 Å². The van der Waals surface area contributed by atoms with E-state index in [1.807, 2.05) is 11.8 Å². The van der Waals surface area contributed by atoms with Gasteiger partial charge in [-0.2, -0.15) is 0 Å². The predicted molar refractivity (Wildman–Crippen MR) is 122 cm³/mol. The smallest absolute Gasteiger partial charge is 0.160 e. The summed E-state index contributed by atoms with van der Waals surface area (Å²) in [5.41, 5.74) is 2.24. The van der Waals surface area contributed by atoms with E-state index in [-0.39, 0.29) is 5.25 Å². The van der Waals surface area contributed by atoms with Gasteiger partial charge in [0.15, 0.2) is 5.17 Å². The molecule has 29 heavy (non-hydrogen) atoms. The van der Waals surface area contributed by atoms with Gasteiger partial charge in [0.2, 0.25) is 0 Å². The third kappa shape index (κ3) is 5.22. The van der Waals surface area contributed by atoms with Crippen LogP contribution in [0.15, 0.2) is 4.99 Å². The molecule has 0 aliphatic carbocycles. The van der Waals surface area contributed by atoms with Gasteiger partial charge in [-0.25, -0.2) is 9.97 Å². The number of amidine groups is 1. The molecule has 1 atom stereocenters. The summed E-state index contributed by atoms with van der Waals surface area (Å²) < 4.78 is 0. The largest absolute Gasteiger partial charge is 0.370 e. The number of rotatable bonds is 6. The maximum atomic E-state index is 4.92. The molecule has 7 nitrogen and oxygen atoms in total. The average Bonchev–Trinajstić information content (AvgIpc) is 3.41. The summed E-state index contributed by atoms with van der Waals surface area (Å²) in [7, 11) is 2.19. The molecule has 1 N–H and O–H groups in total. The lowest BCUT2D eigenvalue weighted by molar-refractivity contribution is 0.218. The van der Waals surface area contributed by atoms with E-state index in [0.717, 1.165) is 68.6 Å². The van der Waals surface area contributed by atoms with Crippen molar-refractivity contribution in [3.05, 3.63) is 17.1 Å². The third-order valence-corrected chi connectivity index (χ3v) is 7.49. The molecule has 1 aromatic rings. The molecular formula is C21H35N7S. The predicted octanol–water partition coefficient (Wildman–Crippen LogP) is 2.38. The van der Waals surface area contributed by atoms with E-state index in [1.165, 1.54) is 37.6 Å². The summed E-state index contributed by atoms with van der Waals surface area (Å²) >= 11 is 1.84. The zero-order valence-electron chi connectivity index (χ0n) is 18.2. The molecule has 0 spiro atoms. The standard InChI is InChI=1S/C21H35N7S/c1-16-17(2)24-20(25-19(16)22-7-6-10-27-8-4-5-9-27)18-15-23-21(29-18)28-13-11-26(3)12-14-28/h18H,4-15H2,1-3H3,(H,22,24,25). The molecule has 160 valence electrons. The highest BCUT2D eigenvalue weighted by Gasteiger charge is 2.29. The number of aryl methyl sites for hydroxylation is 1. The Morgan fingerprint density at radius 2 is 1.79 bits per heavy atom. The molecule has 1 aromatic heterocycles. The fourth-order valence-corrected chi connectivity index (χ4v) is 5.25. The van der Waals surface area contributed by atoms with E-state index in [1.54, 1.807) is 0 Å². The summed E-state index contributed by atoms with van der Waals surface area (Å²) in [6.07, 6.45) is 3.88. The molecule has 0 bridgehead atoms. The molecule has 4 heterocycles. The molecule has 0 amide bonds. The highest BCUT2D eigenvalue weighted by Crippen LogP contribution is 2.36. The number of thioether (sulfide) groups is 1. The number of hydrogen-bond acceptors (Lipinski definition) is 8. The second-order valence-electron chi connectivity index (χ2n) is 8.49. The van der Waals surface area contributed by atoms with Crippen molar-refractivity contribution >= 4 is 22.7 Å². The number of likely N-dealkylation sites (N-methyl/N-ethyl adjacent to an activating group) is 1. The lowest BCUT2D eigenvalue weighted by Crippen LogP contribution is -2.46. The zero-order chi connectivity index (χ0) is 20.2. The number of anilines is 1. The second kappa shape index (κ2) is 9.62. The van der Waals surface area contributed by atoms with Gasteiger partial charge in [0.05, 0.1) is 11.8 Å². The molecule has 1 unspecified atom stereocenters. The van der Waals surface area contributed by atoms with Crippen LogP contribution in [0.4, 0.5) is 5.82 Å². The van der Waals surface area contributed by atoms with Crippen LogP contribution in [0.3, 0.4) is 0 Å². The van der Waals surface area contributed by atoms with Crippen LogP contribution in [0.5, 0.6) is 0 Å². The number of aromatic nitrogens is 2. The number of piperazine rings is 1. The van der Waals surface area contributed by atoms with Gasteiger partial charge < -0.3 is 20.0 Å². The first-order chi connectivity index (χ1) is 14.1. The van der Waals surface area contributed by atoms with Crippen LogP contribution in [0, 0.1) is 13.8 Å². The molecule has 2 saturated heterocycles. The van der Waals surface area contributed by atoms with Crippen LogP contribution in [-0.2, 0) is 0 Å². The Kier molecular flexibility index (Phi) is 6.92. The second-order valence-corrected chi connectivity index (χ2v) is 9.66. The van der Waals surface area contributed by atoms with Crippen LogP contribution < -0.4 is 5.32 Å². The van der Waals surface area contributed by atoms with Crippen molar-refractivity contribution in [3.8, 4) is 0 Å².